The molecule has 10 heteroatoms. The lowest BCUT2D eigenvalue weighted by Gasteiger charge is -2.11. The number of H-pyrrole nitrogens is 1. The Balaban J connectivity index is 1.75. The fourth-order valence-electron chi connectivity index (χ4n) is 2.79. The van der Waals surface area contributed by atoms with Gasteiger partial charge in [-0.25, -0.2) is 4.79 Å². The van der Waals surface area contributed by atoms with Gasteiger partial charge < -0.3 is 14.6 Å². The van der Waals surface area contributed by atoms with Crippen LogP contribution in [0.1, 0.15) is 16.7 Å². The molecule has 0 bridgehead atoms. The lowest BCUT2D eigenvalue weighted by molar-refractivity contribution is -0.137. The van der Waals surface area contributed by atoms with Crippen molar-refractivity contribution in [1.82, 2.24) is 9.55 Å². The molecule has 0 saturated heterocycles. The molecule has 164 valence electrons. The van der Waals surface area contributed by atoms with Gasteiger partial charge in [0.1, 0.15) is 18.2 Å². The molecule has 0 amide bonds. The normalized spacial score (nSPS) is 11.5. The highest BCUT2D eigenvalue weighted by atomic mass is 19.4. The predicted molar refractivity (Wildman–Crippen MR) is 105 cm³/mol. The molecule has 2 aromatic carbocycles. The minimum Gasteiger partial charge on any atom is -0.457 e. The molecule has 0 saturated carbocycles. The lowest BCUT2D eigenvalue weighted by Crippen LogP contribution is -2.32. The number of aromatic nitrogens is 2. The number of hydrogen-bond donors (Lipinski definition) is 2. The smallest absolute Gasteiger partial charge is 0.416 e. The van der Waals surface area contributed by atoms with Gasteiger partial charge in [-0.15, -0.1) is 0 Å². The van der Waals surface area contributed by atoms with E-state index >= 15 is 0 Å². The average Bonchev–Trinajstić information content (AvgIpc) is 2.71. The van der Waals surface area contributed by atoms with E-state index in [2.05, 4.69) is 4.98 Å². The predicted octanol–water partition coefficient (Wildman–Crippen LogP) is 2.90. The maximum absolute atomic E-state index is 12.7. The summed E-state index contributed by atoms with van der Waals surface area (Å²) in [5.41, 5.74) is -0.954. The first kappa shape index (κ1) is 22.3. The number of rotatable bonds is 8. The van der Waals surface area contributed by atoms with Crippen LogP contribution in [-0.2, 0) is 24.1 Å². The Hall–Kier alpha value is -3.37. The fraction of sp³-hybridized carbons (Fsp3) is 0.238. The van der Waals surface area contributed by atoms with E-state index in [-0.39, 0.29) is 32.1 Å². The third-order valence-corrected chi connectivity index (χ3v) is 4.26. The number of ether oxygens (including phenoxy) is 2. The SMILES string of the molecule is O=c1[nH]c(=O)n(COCCO)cc1Cc1cccc(Oc2ccc(C(F)(F)F)cc2)c1. The van der Waals surface area contributed by atoms with Gasteiger partial charge in [0.15, 0.2) is 0 Å². The van der Waals surface area contributed by atoms with Crippen molar-refractivity contribution in [3.8, 4) is 11.5 Å². The van der Waals surface area contributed by atoms with Crippen LogP contribution in [0.25, 0.3) is 0 Å². The number of halogens is 3. The largest absolute Gasteiger partial charge is 0.457 e. The zero-order chi connectivity index (χ0) is 22.4. The Bertz CT molecular complexity index is 1140. The highest BCUT2D eigenvalue weighted by Crippen LogP contribution is 2.31. The first-order valence-electron chi connectivity index (χ1n) is 9.21. The molecular weight excluding hydrogens is 417 g/mol. The van der Waals surface area contributed by atoms with Gasteiger partial charge in [0.2, 0.25) is 0 Å². The number of nitrogens with one attached hydrogen (secondary N) is 1. The average molecular weight is 436 g/mol. The molecule has 0 aliphatic carbocycles. The van der Waals surface area contributed by atoms with Gasteiger partial charge in [0, 0.05) is 18.2 Å². The summed E-state index contributed by atoms with van der Waals surface area (Å²) in [4.78, 5) is 26.2. The standard InChI is InChI=1S/C21H19F3N2O5/c22-21(23,24)16-4-6-17(7-5-16)31-18-3-1-2-14(11-18)10-15-12-26(13-30-9-8-27)20(29)25-19(15)28/h1-7,11-12,27H,8-10,13H2,(H,25,28,29). The van der Waals surface area contributed by atoms with Crippen LogP contribution < -0.4 is 16.0 Å². The number of alkyl halides is 3. The van der Waals surface area contributed by atoms with Crippen molar-refractivity contribution in [3.05, 3.63) is 92.3 Å². The van der Waals surface area contributed by atoms with E-state index < -0.39 is 23.0 Å². The number of nitrogens with zero attached hydrogens (tertiary/aromatic N) is 1. The molecule has 3 aromatic rings. The summed E-state index contributed by atoms with van der Waals surface area (Å²) in [7, 11) is 0. The summed E-state index contributed by atoms with van der Waals surface area (Å²) in [5, 5.41) is 8.76. The van der Waals surface area contributed by atoms with Gasteiger partial charge in [0.25, 0.3) is 5.56 Å². The zero-order valence-electron chi connectivity index (χ0n) is 16.2. The number of aromatic amines is 1. The molecule has 0 aliphatic heterocycles. The highest BCUT2D eigenvalue weighted by Gasteiger charge is 2.30. The second-order valence-corrected chi connectivity index (χ2v) is 6.59. The highest BCUT2D eigenvalue weighted by molar-refractivity contribution is 5.37. The number of hydrogen-bond acceptors (Lipinski definition) is 5. The van der Waals surface area contributed by atoms with Crippen LogP contribution in [0.5, 0.6) is 11.5 Å². The van der Waals surface area contributed by atoms with E-state index in [0.29, 0.717) is 16.9 Å². The summed E-state index contributed by atoms with van der Waals surface area (Å²) in [6.45, 7) is -0.277. The van der Waals surface area contributed by atoms with Crippen LogP contribution in [0.3, 0.4) is 0 Å². The second kappa shape index (κ2) is 9.63. The van der Waals surface area contributed by atoms with Crippen LogP contribution in [0.4, 0.5) is 13.2 Å². The quantitative estimate of drug-likeness (QED) is 0.530. The van der Waals surface area contributed by atoms with Crippen molar-refractivity contribution in [1.29, 1.82) is 0 Å². The van der Waals surface area contributed by atoms with E-state index in [4.69, 9.17) is 14.6 Å². The van der Waals surface area contributed by atoms with Gasteiger partial charge in [0.05, 0.1) is 18.8 Å². The third-order valence-electron chi connectivity index (χ3n) is 4.26. The molecule has 7 nitrogen and oxygen atoms in total. The number of aliphatic hydroxyl groups excluding tert-OH is 1. The van der Waals surface area contributed by atoms with E-state index in [1.165, 1.54) is 22.9 Å². The Labute approximate surface area is 174 Å². The Morgan fingerprint density at radius 3 is 2.45 bits per heavy atom. The van der Waals surface area contributed by atoms with Crippen molar-refractivity contribution in [2.24, 2.45) is 0 Å². The topological polar surface area (TPSA) is 93.6 Å². The minimum absolute atomic E-state index is 0.0459. The van der Waals surface area contributed by atoms with Crippen LogP contribution in [0.15, 0.2) is 64.3 Å². The Morgan fingerprint density at radius 1 is 1.03 bits per heavy atom. The van der Waals surface area contributed by atoms with Gasteiger partial charge >= 0.3 is 11.9 Å². The molecule has 1 heterocycles. The molecule has 0 spiro atoms. The summed E-state index contributed by atoms with van der Waals surface area (Å²) < 4.78 is 49.9. The zero-order valence-corrected chi connectivity index (χ0v) is 16.2. The molecule has 0 radical (unpaired) electrons. The van der Waals surface area contributed by atoms with E-state index in [1.807, 2.05) is 0 Å². The monoisotopic (exact) mass is 436 g/mol. The Kier molecular flexibility index (Phi) is 6.93. The number of aliphatic hydroxyl groups is 1. The lowest BCUT2D eigenvalue weighted by atomic mass is 10.1. The molecular formula is C21H19F3N2O5. The minimum atomic E-state index is -4.43. The van der Waals surface area contributed by atoms with Crippen molar-refractivity contribution >= 4 is 0 Å². The summed E-state index contributed by atoms with van der Waals surface area (Å²) in [6.07, 6.45) is -2.87. The van der Waals surface area contributed by atoms with Gasteiger partial charge in [-0.2, -0.15) is 13.2 Å². The van der Waals surface area contributed by atoms with Gasteiger partial charge in [-0.1, -0.05) is 12.1 Å². The molecule has 0 atom stereocenters. The molecule has 2 N–H and O–H groups in total. The van der Waals surface area contributed by atoms with E-state index in [1.54, 1.807) is 24.3 Å². The molecule has 3 rings (SSSR count). The second-order valence-electron chi connectivity index (χ2n) is 6.59. The van der Waals surface area contributed by atoms with Crippen molar-refractivity contribution in [2.45, 2.75) is 19.3 Å². The Morgan fingerprint density at radius 2 is 1.77 bits per heavy atom. The summed E-state index contributed by atoms with van der Waals surface area (Å²) in [5.74, 6) is 0.617. The molecule has 0 aliphatic rings. The van der Waals surface area contributed by atoms with E-state index in [0.717, 1.165) is 12.1 Å². The van der Waals surface area contributed by atoms with Gasteiger partial charge in [-0.3, -0.25) is 14.3 Å². The van der Waals surface area contributed by atoms with Crippen molar-refractivity contribution in [2.75, 3.05) is 13.2 Å². The van der Waals surface area contributed by atoms with Crippen LogP contribution in [0.2, 0.25) is 0 Å². The molecule has 0 unspecified atom stereocenters. The first-order valence-corrected chi connectivity index (χ1v) is 9.21. The molecule has 0 fully saturated rings. The maximum atomic E-state index is 12.7. The van der Waals surface area contributed by atoms with Gasteiger partial charge in [-0.05, 0) is 42.0 Å². The fourth-order valence-corrected chi connectivity index (χ4v) is 2.79. The van der Waals surface area contributed by atoms with Crippen LogP contribution in [-0.4, -0.2) is 27.9 Å². The third kappa shape index (κ3) is 6.06. The van der Waals surface area contributed by atoms with Crippen LogP contribution >= 0.6 is 0 Å². The summed E-state index contributed by atoms with van der Waals surface area (Å²) in [6, 6.07) is 11.0. The summed E-state index contributed by atoms with van der Waals surface area (Å²) >= 11 is 0. The molecule has 31 heavy (non-hydrogen) atoms. The van der Waals surface area contributed by atoms with E-state index in [9.17, 15) is 22.8 Å². The maximum Gasteiger partial charge on any atom is 0.416 e. The van der Waals surface area contributed by atoms with Crippen molar-refractivity contribution < 1.29 is 27.8 Å². The van der Waals surface area contributed by atoms with Crippen LogP contribution in [0, 0.1) is 0 Å². The van der Waals surface area contributed by atoms with Crippen molar-refractivity contribution in [3.63, 3.8) is 0 Å². The molecule has 1 aromatic heterocycles. The number of benzene rings is 2. The first-order chi connectivity index (χ1) is 14.8.